The molecule has 0 saturated carbocycles. The largest absolute Gasteiger partial charge is 0.487 e. The standard InChI is InChI=1S/C26H30F2O4/c1-14(2)16-6-8-23-19(11-16)24-21(26(3,4)32-23)13-20(25(29)30)22(31-24)7-5-15-9-17(27)12-18(28)10-15/h6,8-12,14,20-22,24H,5,7,13H2,1-4H3,(H,29,30)/t20-,21-,22-,24+/m0/s1. The molecular formula is C26H30F2O4. The third kappa shape index (κ3) is 4.38. The molecule has 0 amide bonds. The lowest BCUT2D eigenvalue weighted by atomic mass is 9.71. The molecule has 0 aromatic heterocycles. The second-order valence-corrected chi connectivity index (χ2v) is 9.86. The zero-order valence-electron chi connectivity index (χ0n) is 18.9. The van der Waals surface area contributed by atoms with Gasteiger partial charge in [0.2, 0.25) is 0 Å². The Bertz CT molecular complexity index is 997. The summed E-state index contributed by atoms with van der Waals surface area (Å²) in [6.07, 6.45) is 0.255. The minimum atomic E-state index is -0.920. The van der Waals surface area contributed by atoms with Crippen LogP contribution >= 0.6 is 0 Å². The molecule has 1 saturated heterocycles. The van der Waals surface area contributed by atoms with Crippen molar-refractivity contribution in [3.8, 4) is 5.75 Å². The van der Waals surface area contributed by atoms with E-state index in [1.165, 1.54) is 17.7 Å². The van der Waals surface area contributed by atoms with Gasteiger partial charge in [0.05, 0.1) is 18.1 Å². The molecule has 2 heterocycles. The van der Waals surface area contributed by atoms with Gasteiger partial charge in [-0.2, -0.15) is 0 Å². The van der Waals surface area contributed by atoms with E-state index in [0.717, 1.165) is 17.4 Å². The van der Waals surface area contributed by atoms with Gasteiger partial charge in [-0.1, -0.05) is 19.9 Å². The molecule has 0 unspecified atom stereocenters. The van der Waals surface area contributed by atoms with Crippen LogP contribution in [-0.2, 0) is 16.0 Å². The fraction of sp³-hybridized carbons (Fsp3) is 0.500. The Labute approximate surface area is 187 Å². The number of aryl methyl sites for hydroxylation is 1. The number of carboxylic acids is 1. The first kappa shape index (κ1) is 22.7. The van der Waals surface area contributed by atoms with Crippen LogP contribution in [0, 0.1) is 23.5 Å². The molecule has 32 heavy (non-hydrogen) atoms. The molecule has 4 rings (SSSR count). The van der Waals surface area contributed by atoms with Crippen LogP contribution in [0.4, 0.5) is 8.78 Å². The van der Waals surface area contributed by atoms with E-state index in [9.17, 15) is 18.7 Å². The maximum atomic E-state index is 13.6. The molecule has 172 valence electrons. The summed E-state index contributed by atoms with van der Waals surface area (Å²) in [6, 6.07) is 9.53. The smallest absolute Gasteiger partial charge is 0.309 e. The van der Waals surface area contributed by atoms with Crippen LogP contribution in [0.5, 0.6) is 5.75 Å². The van der Waals surface area contributed by atoms with Gasteiger partial charge in [-0.15, -0.1) is 0 Å². The average Bonchev–Trinajstić information content (AvgIpc) is 2.70. The fourth-order valence-corrected chi connectivity index (χ4v) is 5.06. The summed E-state index contributed by atoms with van der Waals surface area (Å²) >= 11 is 0. The first-order chi connectivity index (χ1) is 15.0. The van der Waals surface area contributed by atoms with E-state index in [2.05, 4.69) is 26.0 Å². The number of carbonyl (C=O) groups is 1. The highest BCUT2D eigenvalue weighted by Crippen LogP contribution is 2.52. The normalized spacial score (nSPS) is 26.2. The number of hydrogen-bond acceptors (Lipinski definition) is 3. The van der Waals surface area contributed by atoms with Crippen LogP contribution in [0.3, 0.4) is 0 Å². The Morgan fingerprint density at radius 3 is 2.47 bits per heavy atom. The van der Waals surface area contributed by atoms with Crippen LogP contribution in [0.15, 0.2) is 36.4 Å². The number of fused-ring (bicyclic) bond motifs is 3. The molecule has 2 aromatic carbocycles. The van der Waals surface area contributed by atoms with Gasteiger partial charge >= 0.3 is 5.97 Å². The van der Waals surface area contributed by atoms with Crippen molar-refractivity contribution in [3.05, 3.63) is 64.7 Å². The van der Waals surface area contributed by atoms with Crippen LogP contribution in [0.25, 0.3) is 0 Å². The summed E-state index contributed by atoms with van der Waals surface area (Å²) in [5, 5.41) is 9.93. The second kappa shape index (κ2) is 8.47. The van der Waals surface area contributed by atoms with Crippen LogP contribution in [0.1, 0.15) is 69.2 Å². The van der Waals surface area contributed by atoms with Crippen molar-refractivity contribution in [2.75, 3.05) is 0 Å². The molecule has 1 fully saturated rings. The Balaban J connectivity index is 1.64. The molecule has 6 heteroatoms. The van der Waals surface area contributed by atoms with E-state index in [0.29, 0.717) is 30.7 Å². The molecule has 2 aliphatic rings. The van der Waals surface area contributed by atoms with Gasteiger partial charge in [0.15, 0.2) is 0 Å². The molecule has 2 aromatic rings. The van der Waals surface area contributed by atoms with E-state index in [1.54, 1.807) is 0 Å². The van der Waals surface area contributed by atoms with Crippen LogP contribution < -0.4 is 4.74 Å². The van der Waals surface area contributed by atoms with Gasteiger partial charge in [-0.25, -0.2) is 8.78 Å². The molecule has 0 aliphatic carbocycles. The van der Waals surface area contributed by atoms with E-state index >= 15 is 0 Å². The predicted octanol–water partition coefficient (Wildman–Crippen LogP) is 6.04. The molecule has 0 spiro atoms. The molecule has 4 nitrogen and oxygen atoms in total. The maximum Gasteiger partial charge on any atom is 0.309 e. The first-order valence-corrected chi connectivity index (χ1v) is 11.2. The van der Waals surface area contributed by atoms with E-state index < -0.39 is 35.2 Å². The van der Waals surface area contributed by atoms with Gasteiger partial charge in [-0.05, 0) is 74.4 Å². The van der Waals surface area contributed by atoms with Crippen molar-refractivity contribution in [1.82, 2.24) is 0 Å². The minimum Gasteiger partial charge on any atom is -0.487 e. The van der Waals surface area contributed by atoms with Gasteiger partial charge in [0, 0.05) is 17.5 Å². The quantitative estimate of drug-likeness (QED) is 0.611. The lowest BCUT2D eigenvalue weighted by Gasteiger charge is -2.50. The SMILES string of the molecule is CC(C)c1ccc2c(c1)[C@H]1O[C@@H](CCc3cc(F)cc(F)c3)[C@@H](C(=O)O)C[C@@H]1C(C)(C)O2. The zero-order chi connectivity index (χ0) is 23.2. The van der Waals surface area contributed by atoms with Crippen LogP contribution in [-0.4, -0.2) is 22.8 Å². The monoisotopic (exact) mass is 444 g/mol. The summed E-state index contributed by atoms with van der Waals surface area (Å²) in [6.45, 7) is 8.19. The van der Waals surface area contributed by atoms with Crippen molar-refractivity contribution in [1.29, 1.82) is 0 Å². The van der Waals surface area contributed by atoms with Crippen molar-refractivity contribution in [3.63, 3.8) is 0 Å². The molecular weight excluding hydrogens is 414 g/mol. The lowest BCUT2D eigenvalue weighted by molar-refractivity contribution is -0.188. The summed E-state index contributed by atoms with van der Waals surface area (Å²) in [5.74, 6) is -1.94. The maximum absolute atomic E-state index is 13.6. The third-order valence-corrected chi connectivity index (χ3v) is 6.87. The summed E-state index contributed by atoms with van der Waals surface area (Å²) in [5.41, 5.74) is 2.03. The molecule has 2 aliphatic heterocycles. The molecule has 1 N–H and O–H groups in total. The average molecular weight is 445 g/mol. The number of benzene rings is 2. The fourth-order valence-electron chi connectivity index (χ4n) is 5.06. The van der Waals surface area contributed by atoms with Crippen molar-refractivity contribution < 1.29 is 28.2 Å². The van der Waals surface area contributed by atoms with E-state index in [4.69, 9.17) is 9.47 Å². The Morgan fingerprint density at radius 2 is 1.84 bits per heavy atom. The lowest BCUT2D eigenvalue weighted by Crippen LogP contribution is -2.52. The van der Waals surface area contributed by atoms with E-state index in [-0.39, 0.29) is 12.0 Å². The zero-order valence-corrected chi connectivity index (χ0v) is 18.9. The highest BCUT2D eigenvalue weighted by molar-refractivity contribution is 5.71. The van der Waals surface area contributed by atoms with Gasteiger partial charge in [0.1, 0.15) is 23.0 Å². The molecule has 4 atom stereocenters. The summed E-state index contributed by atoms with van der Waals surface area (Å²) < 4.78 is 40.0. The number of aliphatic carboxylic acids is 1. The van der Waals surface area contributed by atoms with Gasteiger partial charge in [-0.3, -0.25) is 4.79 Å². The number of carboxylic acid groups (broad SMARTS) is 1. The number of halogens is 2. The first-order valence-electron chi connectivity index (χ1n) is 11.2. The highest BCUT2D eigenvalue weighted by atomic mass is 19.1. The topological polar surface area (TPSA) is 55.8 Å². The number of rotatable bonds is 5. The predicted molar refractivity (Wildman–Crippen MR) is 117 cm³/mol. The number of hydrogen-bond donors (Lipinski definition) is 1. The van der Waals surface area contributed by atoms with E-state index in [1.807, 2.05) is 19.9 Å². The molecule has 0 bridgehead atoms. The Hall–Kier alpha value is -2.47. The molecule has 0 radical (unpaired) electrons. The third-order valence-electron chi connectivity index (χ3n) is 6.87. The Morgan fingerprint density at radius 1 is 1.16 bits per heavy atom. The summed E-state index contributed by atoms with van der Waals surface area (Å²) in [4.78, 5) is 12.1. The highest BCUT2D eigenvalue weighted by Gasteiger charge is 2.52. The van der Waals surface area contributed by atoms with Gasteiger partial charge in [0.25, 0.3) is 0 Å². The Kier molecular flexibility index (Phi) is 6.01. The summed E-state index contributed by atoms with van der Waals surface area (Å²) in [7, 11) is 0. The van der Waals surface area contributed by atoms with Crippen LogP contribution in [0.2, 0.25) is 0 Å². The number of ether oxygens (including phenoxy) is 2. The van der Waals surface area contributed by atoms with Crippen molar-refractivity contribution in [2.45, 2.75) is 70.7 Å². The van der Waals surface area contributed by atoms with Crippen molar-refractivity contribution >= 4 is 5.97 Å². The van der Waals surface area contributed by atoms with Gasteiger partial charge < -0.3 is 14.6 Å². The van der Waals surface area contributed by atoms with Crippen molar-refractivity contribution in [2.24, 2.45) is 11.8 Å². The second-order valence-electron chi connectivity index (χ2n) is 9.86. The minimum absolute atomic E-state index is 0.124.